The van der Waals surface area contributed by atoms with Crippen LogP contribution in [0.1, 0.15) is 15.9 Å². The first-order chi connectivity index (χ1) is 10.3. The average molecular weight is 330 g/mol. The van der Waals surface area contributed by atoms with Gasteiger partial charge in [0.2, 0.25) is 0 Å². The third kappa shape index (κ3) is 3.92. The molecule has 0 saturated heterocycles. The molecule has 1 N–H and O–H groups in total. The van der Waals surface area contributed by atoms with Crippen LogP contribution in [0.25, 0.3) is 0 Å². The molecule has 0 spiro atoms. The Morgan fingerprint density at radius 3 is 2.32 bits per heavy atom. The number of ether oxygens (including phenoxy) is 1. The van der Waals surface area contributed by atoms with Crippen LogP contribution < -0.4 is 10.1 Å². The first kappa shape index (κ1) is 16.2. The fraction of sp³-hybridized carbons (Fsp3) is 0.133. The Balaban J connectivity index is 2.28. The number of alkyl halides is 3. The summed E-state index contributed by atoms with van der Waals surface area (Å²) >= 11 is 5.71. The lowest BCUT2D eigenvalue weighted by Gasteiger charge is -2.12. The van der Waals surface area contributed by atoms with E-state index in [4.69, 9.17) is 16.3 Å². The summed E-state index contributed by atoms with van der Waals surface area (Å²) in [4.78, 5) is 12.0. The monoisotopic (exact) mass is 329 g/mol. The fourth-order valence-corrected chi connectivity index (χ4v) is 1.88. The van der Waals surface area contributed by atoms with E-state index in [2.05, 4.69) is 5.32 Å². The predicted molar refractivity (Wildman–Crippen MR) is 77.4 cm³/mol. The summed E-state index contributed by atoms with van der Waals surface area (Å²) in [6.45, 7) is 0. The summed E-state index contributed by atoms with van der Waals surface area (Å²) in [6, 6.07) is 8.99. The smallest absolute Gasteiger partial charge is 0.416 e. The van der Waals surface area contributed by atoms with Crippen molar-refractivity contribution < 1.29 is 22.7 Å². The van der Waals surface area contributed by atoms with Crippen LogP contribution in [0.5, 0.6) is 5.75 Å². The van der Waals surface area contributed by atoms with Gasteiger partial charge in [0.25, 0.3) is 5.91 Å². The lowest BCUT2D eigenvalue weighted by atomic mass is 10.1. The molecule has 0 aromatic heterocycles. The van der Waals surface area contributed by atoms with Gasteiger partial charge in [-0.2, -0.15) is 13.2 Å². The molecule has 116 valence electrons. The minimum Gasteiger partial charge on any atom is -0.497 e. The first-order valence-corrected chi connectivity index (χ1v) is 6.50. The second kappa shape index (κ2) is 6.27. The number of carbonyl (C=O) groups excluding carboxylic acids is 1. The van der Waals surface area contributed by atoms with Crippen molar-refractivity contribution in [3.63, 3.8) is 0 Å². The van der Waals surface area contributed by atoms with Gasteiger partial charge in [0, 0.05) is 22.3 Å². The molecular formula is C15H11ClF3NO2. The summed E-state index contributed by atoms with van der Waals surface area (Å²) in [5.74, 6) is -0.542. The highest BCUT2D eigenvalue weighted by Crippen LogP contribution is 2.34. The van der Waals surface area contributed by atoms with Crippen LogP contribution in [0.2, 0.25) is 5.02 Å². The van der Waals surface area contributed by atoms with Gasteiger partial charge in [-0.05, 0) is 36.4 Å². The molecule has 2 aromatic rings. The molecule has 0 heterocycles. The number of methoxy groups -OCH3 is 1. The van der Waals surface area contributed by atoms with Crippen molar-refractivity contribution in [3.8, 4) is 5.75 Å². The Bertz CT molecular complexity index is 684. The van der Waals surface area contributed by atoms with Gasteiger partial charge in [-0.1, -0.05) is 11.6 Å². The Morgan fingerprint density at radius 1 is 1.14 bits per heavy atom. The van der Waals surface area contributed by atoms with E-state index < -0.39 is 17.6 Å². The van der Waals surface area contributed by atoms with E-state index in [1.165, 1.54) is 37.4 Å². The molecule has 0 saturated carbocycles. The van der Waals surface area contributed by atoms with Gasteiger partial charge >= 0.3 is 6.18 Å². The zero-order valence-electron chi connectivity index (χ0n) is 11.4. The van der Waals surface area contributed by atoms with E-state index in [-0.39, 0.29) is 17.0 Å². The number of hydrogen-bond donors (Lipinski definition) is 1. The molecule has 2 aromatic carbocycles. The minimum atomic E-state index is -4.53. The maximum absolute atomic E-state index is 12.8. The molecule has 1 amide bonds. The highest BCUT2D eigenvalue weighted by atomic mass is 35.5. The molecule has 0 radical (unpaired) electrons. The molecule has 0 bridgehead atoms. The molecular weight excluding hydrogens is 319 g/mol. The van der Waals surface area contributed by atoms with Crippen molar-refractivity contribution in [2.75, 3.05) is 12.4 Å². The van der Waals surface area contributed by atoms with Crippen LogP contribution in [0, 0.1) is 0 Å². The number of rotatable bonds is 3. The predicted octanol–water partition coefficient (Wildman–Crippen LogP) is 4.62. The summed E-state index contributed by atoms with van der Waals surface area (Å²) in [5.41, 5.74) is -0.634. The van der Waals surface area contributed by atoms with Gasteiger partial charge in [-0.3, -0.25) is 4.79 Å². The van der Waals surface area contributed by atoms with Crippen LogP contribution in [-0.4, -0.2) is 13.0 Å². The lowest BCUT2D eigenvalue weighted by molar-refractivity contribution is -0.137. The van der Waals surface area contributed by atoms with Crippen molar-refractivity contribution in [3.05, 3.63) is 58.6 Å². The van der Waals surface area contributed by atoms with Crippen LogP contribution in [-0.2, 0) is 6.18 Å². The second-order valence-electron chi connectivity index (χ2n) is 4.41. The van der Waals surface area contributed by atoms with Gasteiger partial charge in [-0.25, -0.2) is 0 Å². The Hall–Kier alpha value is -2.21. The van der Waals surface area contributed by atoms with Crippen LogP contribution in [0.15, 0.2) is 42.5 Å². The number of anilines is 1. The number of carbonyl (C=O) groups is 1. The molecule has 0 fully saturated rings. The van der Waals surface area contributed by atoms with Gasteiger partial charge in [-0.15, -0.1) is 0 Å². The van der Waals surface area contributed by atoms with Crippen molar-refractivity contribution in [1.29, 1.82) is 0 Å². The Labute approximate surface area is 129 Å². The van der Waals surface area contributed by atoms with E-state index >= 15 is 0 Å². The molecule has 0 unspecified atom stereocenters. The Kier molecular flexibility index (Phi) is 4.61. The summed E-state index contributed by atoms with van der Waals surface area (Å²) in [6.07, 6.45) is -4.53. The molecule has 0 aliphatic heterocycles. The van der Waals surface area contributed by atoms with Crippen molar-refractivity contribution in [2.24, 2.45) is 0 Å². The van der Waals surface area contributed by atoms with E-state index in [0.717, 1.165) is 12.1 Å². The molecule has 0 aliphatic carbocycles. The van der Waals surface area contributed by atoms with Crippen molar-refractivity contribution in [2.45, 2.75) is 6.18 Å². The molecule has 3 nitrogen and oxygen atoms in total. The van der Waals surface area contributed by atoms with Gasteiger partial charge < -0.3 is 10.1 Å². The van der Waals surface area contributed by atoms with Gasteiger partial charge in [0.05, 0.1) is 12.7 Å². The van der Waals surface area contributed by atoms with Gasteiger partial charge in [0.1, 0.15) is 5.75 Å². The molecule has 0 atom stereocenters. The number of halogens is 4. The highest BCUT2D eigenvalue weighted by Gasteiger charge is 2.31. The Morgan fingerprint density at radius 2 is 1.77 bits per heavy atom. The normalized spacial score (nSPS) is 11.1. The van der Waals surface area contributed by atoms with Crippen molar-refractivity contribution in [1.82, 2.24) is 0 Å². The molecule has 0 aliphatic rings. The number of amides is 1. The van der Waals surface area contributed by atoms with E-state index in [9.17, 15) is 18.0 Å². The lowest BCUT2D eigenvalue weighted by Crippen LogP contribution is -2.13. The maximum atomic E-state index is 12.8. The zero-order valence-corrected chi connectivity index (χ0v) is 12.1. The summed E-state index contributed by atoms with van der Waals surface area (Å²) in [5, 5.41) is 2.86. The van der Waals surface area contributed by atoms with Crippen LogP contribution in [0.4, 0.5) is 18.9 Å². The van der Waals surface area contributed by atoms with E-state index in [1.807, 2.05) is 0 Å². The largest absolute Gasteiger partial charge is 0.497 e. The van der Waals surface area contributed by atoms with E-state index in [0.29, 0.717) is 5.02 Å². The third-order valence-electron chi connectivity index (χ3n) is 2.83. The quantitative estimate of drug-likeness (QED) is 0.892. The van der Waals surface area contributed by atoms with Crippen LogP contribution in [0.3, 0.4) is 0 Å². The standard InChI is InChI=1S/C15H11ClF3NO2/c1-22-13-7-10(15(17,18)19)6-12(8-13)20-14(21)9-2-4-11(16)5-3-9/h2-8H,1H3,(H,20,21). The SMILES string of the molecule is COc1cc(NC(=O)c2ccc(Cl)cc2)cc(C(F)(F)F)c1. The third-order valence-corrected chi connectivity index (χ3v) is 3.09. The van der Waals surface area contributed by atoms with Crippen molar-refractivity contribution >= 4 is 23.2 Å². The van der Waals surface area contributed by atoms with E-state index in [1.54, 1.807) is 0 Å². The number of benzene rings is 2. The first-order valence-electron chi connectivity index (χ1n) is 6.13. The molecule has 2 rings (SSSR count). The molecule has 22 heavy (non-hydrogen) atoms. The molecule has 7 heteroatoms. The highest BCUT2D eigenvalue weighted by molar-refractivity contribution is 6.30. The zero-order chi connectivity index (χ0) is 16.3. The maximum Gasteiger partial charge on any atom is 0.416 e. The average Bonchev–Trinajstić information content (AvgIpc) is 2.46. The topological polar surface area (TPSA) is 38.3 Å². The minimum absolute atomic E-state index is 0.00114. The number of nitrogens with one attached hydrogen (secondary N) is 1. The fourth-order valence-electron chi connectivity index (χ4n) is 1.76. The summed E-state index contributed by atoms with van der Waals surface area (Å²) < 4.78 is 43.2. The second-order valence-corrected chi connectivity index (χ2v) is 4.85. The number of hydrogen-bond acceptors (Lipinski definition) is 2. The summed E-state index contributed by atoms with van der Waals surface area (Å²) in [7, 11) is 1.25. The van der Waals surface area contributed by atoms with Crippen LogP contribution >= 0.6 is 11.6 Å². The van der Waals surface area contributed by atoms with Gasteiger partial charge in [0.15, 0.2) is 0 Å².